The summed E-state index contributed by atoms with van der Waals surface area (Å²) in [5.41, 5.74) is 7.83. The van der Waals surface area contributed by atoms with Crippen molar-refractivity contribution in [1.29, 1.82) is 0 Å². The minimum Gasteiger partial charge on any atom is -0.399 e. The van der Waals surface area contributed by atoms with Crippen molar-refractivity contribution in [1.82, 2.24) is 0 Å². The maximum absolute atomic E-state index is 8.91. The molecule has 0 spiro atoms. The number of aliphatic hydroxyl groups is 1. The number of hydrogen-bond acceptors (Lipinski definition) is 3. The Hall–Kier alpha value is -1.22. The van der Waals surface area contributed by atoms with Crippen LogP contribution in [0.5, 0.6) is 0 Å². The van der Waals surface area contributed by atoms with Crippen LogP contribution in [0.4, 0.5) is 11.4 Å². The predicted molar refractivity (Wildman–Crippen MR) is 67.5 cm³/mol. The molecule has 1 saturated heterocycles. The largest absolute Gasteiger partial charge is 0.399 e. The van der Waals surface area contributed by atoms with Crippen LogP contribution >= 0.6 is 0 Å². The van der Waals surface area contributed by atoms with Crippen LogP contribution in [0.1, 0.15) is 19.3 Å². The van der Waals surface area contributed by atoms with Gasteiger partial charge in [-0.3, -0.25) is 0 Å². The maximum Gasteiger partial charge on any atom is 0.0433 e. The zero-order valence-corrected chi connectivity index (χ0v) is 9.60. The molecule has 1 aromatic carbocycles. The first-order valence-electron chi connectivity index (χ1n) is 6.01. The molecule has 0 aromatic heterocycles. The molecule has 2 rings (SSSR count). The molecule has 1 aliphatic heterocycles. The molecule has 1 aromatic rings. The van der Waals surface area contributed by atoms with Crippen LogP contribution in [0.3, 0.4) is 0 Å². The van der Waals surface area contributed by atoms with Gasteiger partial charge in [-0.15, -0.1) is 0 Å². The predicted octanol–water partition coefficient (Wildman–Crippen LogP) is 1.87. The SMILES string of the molecule is Nc1cccc(N2CCC(CCO)CC2)c1. The molecule has 16 heavy (non-hydrogen) atoms. The van der Waals surface area contributed by atoms with Gasteiger partial charge in [-0.25, -0.2) is 0 Å². The van der Waals surface area contributed by atoms with Gasteiger partial charge in [0.1, 0.15) is 0 Å². The molecule has 0 bridgehead atoms. The number of piperidine rings is 1. The van der Waals surface area contributed by atoms with Crippen molar-refractivity contribution >= 4 is 11.4 Å². The van der Waals surface area contributed by atoms with E-state index in [0.29, 0.717) is 12.5 Å². The van der Waals surface area contributed by atoms with Gasteiger partial charge in [-0.1, -0.05) is 6.07 Å². The lowest BCUT2D eigenvalue weighted by Gasteiger charge is -2.33. The van der Waals surface area contributed by atoms with Gasteiger partial charge in [0.2, 0.25) is 0 Å². The summed E-state index contributed by atoms with van der Waals surface area (Å²) in [5, 5.41) is 8.91. The fourth-order valence-corrected chi connectivity index (χ4v) is 2.38. The fraction of sp³-hybridized carbons (Fsp3) is 0.538. The van der Waals surface area contributed by atoms with E-state index in [1.807, 2.05) is 18.2 Å². The number of benzene rings is 1. The van der Waals surface area contributed by atoms with Crippen LogP contribution < -0.4 is 10.6 Å². The highest BCUT2D eigenvalue weighted by Gasteiger charge is 2.18. The molecule has 0 atom stereocenters. The normalized spacial score (nSPS) is 17.7. The number of aliphatic hydroxyl groups excluding tert-OH is 1. The summed E-state index contributed by atoms with van der Waals surface area (Å²) in [6.07, 6.45) is 3.30. The van der Waals surface area contributed by atoms with Gasteiger partial charge < -0.3 is 15.7 Å². The summed E-state index contributed by atoms with van der Waals surface area (Å²) in [4.78, 5) is 2.38. The Labute approximate surface area is 96.9 Å². The van der Waals surface area contributed by atoms with Gasteiger partial charge in [0, 0.05) is 31.1 Å². The van der Waals surface area contributed by atoms with Gasteiger partial charge in [0.05, 0.1) is 0 Å². The van der Waals surface area contributed by atoms with Crippen LogP contribution in [0, 0.1) is 5.92 Å². The van der Waals surface area contributed by atoms with E-state index in [1.54, 1.807) is 0 Å². The summed E-state index contributed by atoms with van der Waals surface area (Å²) >= 11 is 0. The van der Waals surface area contributed by atoms with E-state index in [1.165, 1.54) is 18.5 Å². The van der Waals surface area contributed by atoms with Crippen molar-refractivity contribution in [3.8, 4) is 0 Å². The Bertz CT molecular complexity index is 332. The summed E-state index contributed by atoms with van der Waals surface area (Å²) in [7, 11) is 0. The molecule has 88 valence electrons. The van der Waals surface area contributed by atoms with E-state index in [4.69, 9.17) is 10.8 Å². The van der Waals surface area contributed by atoms with Gasteiger partial charge in [-0.2, -0.15) is 0 Å². The molecule has 1 aliphatic rings. The average molecular weight is 220 g/mol. The molecule has 0 radical (unpaired) electrons. The highest BCUT2D eigenvalue weighted by atomic mass is 16.3. The number of rotatable bonds is 3. The number of nitrogens with zero attached hydrogens (tertiary/aromatic N) is 1. The van der Waals surface area contributed by atoms with Crippen molar-refractivity contribution in [3.05, 3.63) is 24.3 Å². The Morgan fingerprint density at radius 3 is 2.69 bits per heavy atom. The van der Waals surface area contributed by atoms with Crippen molar-refractivity contribution in [2.24, 2.45) is 5.92 Å². The zero-order valence-electron chi connectivity index (χ0n) is 9.60. The molecule has 3 N–H and O–H groups in total. The second-order valence-electron chi connectivity index (χ2n) is 4.54. The molecular weight excluding hydrogens is 200 g/mol. The first-order chi connectivity index (χ1) is 7.79. The zero-order chi connectivity index (χ0) is 11.4. The minimum atomic E-state index is 0.322. The van der Waals surface area contributed by atoms with E-state index in [-0.39, 0.29) is 0 Å². The standard InChI is InChI=1S/C13H20N2O/c14-12-2-1-3-13(10-12)15-7-4-11(5-8-15)6-9-16/h1-3,10-11,16H,4-9,14H2. The second kappa shape index (κ2) is 5.21. The number of anilines is 2. The van der Waals surface area contributed by atoms with E-state index in [0.717, 1.165) is 25.2 Å². The Morgan fingerprint density at radius 1 is 1.31 bits per heavy atom. The van der Waals surface area contributed by atoms with E-state index in [2.05, 4.69) is 11.0 Å². The molecule has 3 nitrogen and oxygen atoms in total. The first-order valence-corrected chi connectivity index (χ1v) is 6.01. The smallest absolute Gasteiger partial charge is 0.0433 e. The van der Waals surface area contributed by atoms with Crippen LogP contribution in [0.15, 0.2) is 24.3 Å². The van der Waals surface area contributed by atoms with E-state index in [9.17, 15) is 0 Å². The lowest BCUT2D eigenvalue weighted by molar-refractivity contribution is 0.240. The summed E-state index contributed by atoms with van der Waals surface area (Å²) in [6.45, 7) is 2.48. The third kappa shape index (κ3) is 2.67. The second-order valence-corrected chi connectivity index (χ2v) is 4.54. The first kappa shape index (κ1) is 11.3. The van der Waals surface area contributed by atoms with Crippen molar-refractivity contribution < 1.29 is 5.11 Å². The van der Waals surface area contributed by atoms with Gasteiger partial charge in [-0.05, 0) is 43.4 Å². The minimum absolute atomic E-state index is 0.322. The quantitative estimate of drug-likeness (QED) is 0.764. The lowest BCUT2D eigenvalue weighted by atomic mass is 9.93. The molecule has 0 unspecified atom stereocenters. The van der Waals surface area contributed by atoms with E-state index >= 15 is 0 Å². The monoisotopic (exact) mass is 220 g/mol. The molecule has 0 aliphatic carbocycles. The molecule has 0 saturated carbocycles. The van der Waals surface area contributed by atoms with Crippen LogP contribution in [0.2, 0.25) is 0 Å². The van der Waals surface area contributed by atoms with Crippen molar-refractivity contribution in [3.63, 3.8) is 0 Å². The third-order valence-corrected chi connectivity index (χ3v) is 3.39. The molecule has 1 heterocycles. The van der Waals surface area contributed by atoms with Crippen LogP contribution in [-0.2, 0) is 0 Å². The highest BCUT2D eigenvalue weighted by molar-refractivity contribution is 5.56. The Kier molecular flexibility index (Phi) is 3.67. The molecule has 0 amide bonds. The topological polar surface area (TPSA) is 49.5 Å². The van der Waals surface area contributed by atoms with Gasteiger partial charge >= 0.3 is 0 Å². The average Bonchev–Trinajstić information content (AvgIpc) is 2.30. The molecule has 3 heteroatoms. The lowest BCUT2D eigenvalue weighted by Crippen LogP contribution is -2.33. The summed E-state index contributed by atoms with van der Waals surface area (Å²) < 4.78 is 0. The maximum atomic E-state index is 8.91. The number of nitrogen functional groups attached to an aromatic ring is 1. The van der Waals surface area contributed by atoms with Gasteiger partial charge in [0.25, 0.3) is 0 Å². The van der Waals surface area contributed by atoms with Gasteiger partial charge in [0.15, 0.2) is 0 Å². The van der Waals surface area contributed by atoms with E-state index < -0.39 is 0 Å². The Morgan fingerprint density at radius 2 is 2.06 bits per heavy atom. The third-order valence-electron chi connectivity index (χ3n) is 3.39. The van der Waals surface area contributed by atoms with Crippen molar-refractivity contribution in [2.75, 3.05) is 30.3 Å². The summed E-state index contributed by atoms with van der Waals surface area (Å²) in [5.74, 6) is 0.697. The fourth-order valence-electron chi connectivity index (χ4n) is 2.38. The van der Waals surface area contributed by atoms with Crippen molar-refractivity contribution in [2.45, 2.75) is 19.3 Å². The Balaban J connectivity index is 1.94. The molecule has 1 fully saturated rings. The van der Waals surface area contributed by atoms with Crippen LogP contribution in [0.25, 0.3) is 0 Å². The number of nitrogens with two attached hydrogens (primary N) is 1. The van der Waals surface area contributed by atoms with Crippen LogP contribution in [-0.4, -0.2) is 24.8 Å². The summed E-state index contributed by atoms with van der Waals surface area (Å²) in [6, 6.07) is 8.07. The highest BCUT2D eigenvalue weighted by Crippen LogP contribution is 2.25. The number of hydrogen-bond donors (Lipinski definition) is 2. The molecular formula is C13H20N2O.